The van der Waals surface area contributed by atoms with E-state index < -0.39 is 5.54 Å². The Balaban J connectivity index is 5.01. The van der Waals surface area contributed by atoms with Crippen LogP contribution in [-0.4, -0.2) is 41.4 Å². The maximum atomic E-state index is 10.9. The van der Waals surface area contributed by atoms with E-state index in [1.54, 1.807) is 20.2 Å². The molecule has 0 saturated heterocycles. The molecule has 6 nitrogen and oxygen atoms in total. The molecule has 0 spiro atoms. The number of hydrogen-bond acceptors (Lipinski definition) is 5. The van der Waals surface area contributed by atoms with E-state index in [9.17, 15) is 9.70 Å². The molecule has 0 aliphatic rings. The molecule has 6 heteroatoms. The first kappa shape index (κ1) is 19.2. The van der Waals surface area contributed by atoms with Crippen LogP contribution in [0.3, 0.4) is 0 Å². The number of amides is 1. The Hall–Kier alpha value is -1.82. The van der Waals surface area contributed by atoms with Crippen molar-refractivity contribution < 1.29 is 9.90 Å². The summed E-state index contributed by atoms with van der Waals surface area (Å²) in [5.74, 6) is 0.610. The highest BCUT2D eigenvalue weighted by atomic mass is 16.3. The van der Waals surface area contributed by atoms with Gasteiger partial charge in [0.05, 0.1) is 6.61 Å². The number of allylic oxidation sites excluding steroid dienone is 1. The third kappa shape index (κ3) is 7.51. The highest BCUT2D eigenvalue weighted by Crippen LogP contribution is 2.19. The lowest BCUT2D eigenvalue weighted by molar-refractivity contribution is -0.114. The number of carbonyl (C=O) groups excluding carboxylic acids is 1. The molecule has 0 heterocycles. The molecule has 0 rings (SSSR count). The number of hydrogen-bond donors (Lipinski definition) is 1. The monoisotopic (exact) mass is 295 g/mol. The van der Waals surface area contributed by atoms with Gasteiger partial charge in [-0.15, -0.1) is 0 Å². The van der Waals surface area contributed by atoms with E-state index in [0.29, 0.717) is 25.1 Å². The Labute approximate surface area is 126 Å². The van der Waals surface area contributed by atoms with Crippen molar-refractivity contribution in [2.24, 2.45) is 10.2 Å². The molecule has 118 valence electrons. The molecular formula is C15H25N3O3. The van der Waals surface area contributed by atoms with E-state index in [4.69, 9.17) is 5.11 Å². The number of rotatable bonds is 9. The van der Waals surface area contributed by atoms with Crippen LogP contribution in [0.25, 0.3) is 0 Å². The highest BCUT2D eigenvalue weighted by Gasteiger charge is 2.24. The van der Waals surface area contributed by atoms with Crippen LogP contribution in [0.4, 0.5) is 0 Å². The van der Waals surface area contributed by atoms with Crippen LogP contribution >= 0.6 is 0 Å². The lowest BCUT2D eigenvalue weighted by Gasteiger charge is -2.18. The second-order valence-electron chi connectivity index (χ2n) is 5.24. The zero-order valence-electron chi connectivity index (χ0n) is 13.2. The average Bonchev–Trinajstić information content (AvgIpc) is 2.49. The molecule has 1 N–H and O–H groups in total. The first-order chi connectivity index (χ1) is 9.92. The van der Waals surface area contributed by atoms with Gasteiger partial charge in [0.2, 0.25) is 6.41 Å². The van der Waals surface area contributed by atoms with E-state index in [1.165, 1.54) is 4.90 Å². The first-order valence-corrected chi connectivity index (χ1v) is 6.93. The molecule has 0 aliphatic carbocycles. The Morgan fingerprint density at radius 3 is 2.52 bits per heavy atom. The first-order valence-electron chi connectivity index (χ1n) is 6.93. The van der Waals surface area contributed by atoms with Crippen LogP contribution in [0.15, 0.2) is 34.1 Å². The summed E-state index contributed by atoms with van der Waals surface area (Å²) in [6.45, 7) is 5.11. The third-order valence-electron chi connectivity index (χ3n) is 2.92. The van der Waals surface area contributed by atoms with E-state index in [0.717, 1.165) is 12.0 Å². The van der Waals surface area contributed by atoms with E-state index in [1.807, 2.05) is 26.0 Å². The quantitative estimate of drug-likeness (QED) is 0.233. The van der Waals surface area contributed by atoms with Crippen LogP contribution in [0.5, 0.6) is 0 Å². The van der Waals surface area contributed by atoms with Gasteiger partial charge in [0.25, 0.3) is 0 Å². The predicted octanol–water partition coefficient (Wildman–Crippen LogP) is 2.64. The smallest absolute Gasteiger partial charge is 0.214 e. The molecule has 0 aromatic rings. The minimum atomic E-state index is -1.03. The van der Waals surface area contributed by atoms with Crippen LogP contribution in [0.1, 0.15) is 40.0 Å². The number of amidine groups is 1. The molecule has 0 aromatic carbocycles. The van der Waals surface area contributed by atoms with E-state index in [-0.39, 0.29) is 6.61 Å². The summed E-state index contributed by atoms with van der Waals surface area (Å²) in [5, 5.41) is 12.1. The van der Waals surface area contributed by atoms with Crippen LogP contribution in [0.2, 0.25) is 0 Å². The molecule has 1 unspecified atom stereocenters. The predicted molar refractivity (Wildman–Crippen MR) is 85.0 cm³/mol. The van der Waals surface area contributed by atoms with Crippen molar-refractivity contribution in [2.45, 2.75) is 45.6 Å². The highest BCUT2D eigenvalue weighted by molar-refractivity contribution is 5.91. The number of carbonyl (C=O) groups is 1. The van der Waals surface area contributed by atoms with Gasteiger partial charge in [0, 0.05) is 26.1 Å². The van der Waals surface area contributed by atoms with Gasteiger partial charge in [-0.05, 0) is 20.3 Å². The van der Waals surface area contributed by atoms with E-state index in [2.05, 4.69) is 10.2 Å². The molecule has 1 atom stereocenters. The van der Waals surface area contributed by atoms with Gasteiger partial charge in [-0.2, -0.15) is 4.91 Å². The minimum absolute atomic E-state index is 0.314. The molecule has 0 aromatic heterocycles. The van der Waals surface area contributed by atoms with Gasteiger partial charge in [-0.3, -0.25) is 4.79 Å². The molecular weight excluding hydrogens is 270 g/mol. The third-order valence-corrected chi connectivity index (χ3v) is 2.92. The lowest BCUT2D eigenvalue weighted by atomic mass is 9.96. The second kappa shape index (κ2) is 9.99. The maximum Gasteiger partial charge on any atom is 0.214 e. The van der Waals surface area contributed by atoms with Gasteiger partial charge in [0.1, 0.15) is 11.4 Å². The Morgan fingerprint density at radius 1 is 1.38 bits per heavy atom. The fraction of sp³-hybridized carbons (Fsp3) is 0.600. The van der Waals surface area contributed by atoms with Gasteiger partial charge in [-0.25, -0.2) is 4.99 Å². The Kier molecular flexibility index (Phi) is 9.12. The largest absolute Gasteiger partial charge is 0.394 e. The molecule has 21 heavy (non-hydrogen) atoms. The van der Waals surface area contributed by atoms with Crippen molar-refractivity contribution in [1.29, 1.82) is 0 Å². The van der Waals surface area contributed by atoms with Crippen LogP contribution in [-0.2, 0) is 4.79 Å². The minimum Gasteiger partial charge on any atom is -0.394 e. The fourth-order valence-corrected chi connectivity index (χ4v) is 1.65. The van der Waals surface area contributed by atoms with Gasteiger partial charge >= 0.3 is 0 Å². The molecule has 0 saturated carbocycles. The number of nitroso groups, excluding NO2 is 1. The Morgan fingerprint density at radius 2 is 2.05 bits per heavy atom. The van der Waals surface area contributed by atoms with Crippen molar-refractivity contribution in [3.05, 3.63) is 28.8 Å². The number of aliphatic hydroxyl groups excluding tert-OH is 1. The topological polar surface area (TPSA) is 82.3 Å². The van der Waals surface area contributed by atoms with Gasteiger partial charge in [-0.1, -0.05) is 29.8 Å². The van der Waals surface area contributed by atoms with Crippen LogP contribution in [0, 0.1) is 4.91 Å². The molecule has 0 radical (unpaired) electrons. The summed E-state index contributed by atoms with van der Waals surface area (Å²) in [7, 11) is 1.64. The number of aliphatic hydroxyl groups is 1. The SMILES string of the molecule is CC/C=C\C/C(=N/C=C(\C)CC(C)(CO)N=O)N(C)C=O. The summed E-state index contributed by atoms with van der Waals surface area (Å²) in [5.41, 5.74) is -0.225. The fourth-order valence-electron chi connectivity index (χ4n) is 1.65. The summed E-state index contributed by atoms with van der Waals surface area (Å²) in [6, 6.07) is 0. The lowest BCUT2D eigenvalue weighted by Crippen LogP contribution is -2.26. The normalized spacial score (nSPS) is 15.9. The number of nitrogens with zero attached hydrogens (tertiary/aromatic N) is 3. The second-order valence-corrected chi connectivity index (χ2v) is 5.24. The maximum absolute atomic E-state index is 10.9. The van der Waals surface area contributed by atoms with Crippen molar-refractivity contribution in [3.8, 4) is 0 Å². The summed E-state index contributed by atoms with van der Waals surface area (Å²) in [6.07, 6.45) is 8.06. The molecule has 0 bridgehead atoms. The summed E-state index contributed by atoms with van der Waals surface area (Å²) in [4.78, 5) is 27.3. The zero-order valence-corrected chi connectivity index (χ0v) is 13.2. The average molecular weight is 295 g/mol. The standard InChI is InChI=1S/C15H25N3O3/c1-5-6-7-8-14(18(4)12-20)16-10-13(2)9-15(3,11-19)17-21/h6-7,10,12,19H,5,8-9,11H2,1-4H3/b7-6-,13-10+,16-14-. The van der Waals surface area contributed by atoms with Crippen molar-refractivity contribution in [2.75, 3.05) is 13.7 Å². The van der Waals surface area contributed by atoms with Crippen molar-refractivity contribution in [3.63, 3.8) is 0 Å². The Bertz CT molecular complexity index is 430. The van der Waals surface area contributed by atoms with Gasteiger partial charge < -0.3 is 10.0 Å². The van der Waals surface area contributed by atoms with Crippen LogP contribution < -0.4 is 0 Å². The summed E-state index contributed by atoms with van der Waals surface area (Å²) < 4.78 is 0. The molecule has 0 fully saturated rings. The molecule has 1 amide bonds. The van der Waals surface area contributed by atoms with Crippen molar-refractivity contribution in [1.82, 2.24) is 4.90 Å². The number of aliphatic imine (C=N–C) groups is 1. The van der Waals surface area contributed by atoms with Gasteiger partial charge in [0.15, 0.2) is 0 Å². The zero-order chi connectivity index (χ0) is 16.3. The summed E-state index contributed by atoms with van der Waals surface area (Å²) >= 11 is 0. The van der Waals surface area contributed by atoms with E-state index >= 15 is 0 Å². The van der Waals surface area contributed by atoms with Crippen molar-refractivity contribution >= 4 is 12.2 Å². The molecule has 0 aliphatic heterocycles.